The summed E-state index contributed by atoms with van der Waals surface area (Å²) in [6.45, 7) is 2.55. The van der Waals surface area contributed by atoms with Crippen LogP contribution in [0.2, 0.25) is 0 Å². The molecule has 2 atom stereocenters. The van der Waals surface area contributed by atoms with E-state index in [1.165, 1.54) is 0 Å². The third kappa shape index (κ3) is 3.26. The van der Waals surface area contributed by atoms with E-state index in [9.17, 15) is 9.59 Å². The Bertz CT molecular complexity index is 650. The first-order valence-electron chi connectivity index (χ1n) is 8.03. The number of carbonyl (C=O) groups is 2. The first-order chi connectivity index (χ1) is 11.6. The van der Waals surface area contributed by atoms with Crippen molar-refractivity contribution in [3.63, 3.8) is 0 Å². The predicted molar refractivity (Wildman–Crippen MR) is 93.6 cm³/mol. The normalized spacial score (nSPS) is 22.9. The van der Waals surface area contributed by atoms with E-state index < -0.39 is 6.04 Å². The minimum Gasteiger partial charge on any atom is -0.387 e. The lowest BCUT2D eigenvalue weighted by Crippen LogP contribution is -2.49. The number of hydrogen-bond donors (Lipinski definition) is 0. The van der Waals surface area contributed by atoms with E-state index in [0.29, 0.717) is 30.3 Å². The van der Waals surface area contributed by atoms with Crippen molar-refractivity contribution >= 4 is 29.3 Å². The molecule has 7 heteroatoms. The zero-order valence-corrected chi connectivity index (χ0v) is 14.7. The molecule has 6 nitrogen and oxygen atoms in total. The first-order valence-corrected chi connectivity index (χ1v) is 9.18. The number of amides is 2. The van der Waals surface area contributed by atoms with Crippen LogP contribution in [-0.4, -0.2) is 58.6 Å². The lowest BCUT2D eigenvalue weighted by Gasteiger charge is -2.26. The maximum Gasteiger partial charge on any atom is 0.273 e. The molecular weight excluding hydrogens is 326 g/mol. The SMILES string of the molecule is CCN(C)C(=O)[C@H]1CSCN1C(=O)C1=NO[C@H](c2ccccc2)C1. The van der Waals surface area contributed by atoms with Gasteiger partial charge < -0.3 is 14.6 Å². The summed E-state index contributed by atoms with van der Waals surface area (Å²) >= 11 is 1.59. The number of oxime groups is 1. The molecule has 0 saturated carbocycles. The van der Waals surface area contributed by atoms with Crippen molar-refractivity contribution in [1.82, 2.24) is 9.80 Å². The molecular formula is C17H21N3O3S. The summed E-state index contributed by atoms with van der Waals surface area (Å²) in [5.41, 5.74) is 1.39. The summed E-state index contributed by atoms with van der Waals surface area (Å²) in [7, 11) is 1.76. The molecule has 0 aliphatic carbocycles. The molecule has 0 N–H and O–H groups in total. The van der Waals surface area contributed by atoms with E-state index in [0.717, 1.165) is 5.56 Å². The molecule has 0 bridgehead atoms. The molecule has 2 aliphatic heterocycles. The second-order valence-electron chi connectivity index (χ2n) is 5.89. The lowest BCUT2D eigenvalue weighted by molar-refractivity contribution is -0.139. The Morgan fingerprint density at radius 3 is 2.83 bits per heavy atom. The maximum absolute atomic E-state index is 12.8. The fraction of sp³-hybridized carbons (Fsp3) is 0.471. The van der Waals surface area contributed by atoms with Crippen LogP contribution in [0.5, 0.6) is 0 Å². The second-order valence-corrected chi connectivity index (χ2v) is 6.89. The van der Waals surface area contributed by atoms with Gasteiger partial charge in [-0.3, -0.25) is 9.59 Å². The maximum atomic E-state index is 12.8. The second kappa shape index (κ2) is 7.25. The van der Waals surface area contributed by atoms with Gasteiger partial charge in [0.2, 0.25) is 5.91 Å². The van der Waals surface area contributed by atoms with Gasteiger partial charge in [-0.25, -0.2) is 0 Å². The highest BCUT2D eigenvalue weighted by molar-refractivity contribution is 7.99. The molecule has 0 unspecified atom stereocenters. The average molecular weight is 347 g/mol. The van der Waals surface area contributed by atoms with E-state index in [1.54, 1.807) is 28.6 Å². The highest BCUT2D eigenvalue weighted by Gasteiger charge is 2.39. The van der Waals surface area contributed by atoms with Crippen LogP contribution < -0.4 is 0 Å². The summed E-state index contributed by atoms with van der Waals surface area (Å²) in [5, 5.41) is 3.99. The molecule has 0 spiro atoms. The van der Waals surface area contributed by atoms with Gasteiger partial charge in [0.25, 0.3) is 5.91 Å². The zero-order chi connectivity index (χ0) is 17.1. The van der Waals surface area contributed by atoms with Crippen molar-refractivity contribution in [3.8, 4) is 0 Å². The molecule has 0 radical (unpaired) electrons. The number of hydrogen-bond acceptors (Lipinski definition) is 5. The molecule has 2 aliphatic rings. The van der Waals surface area contributed by atoms with Crippen molar-refractivity contribution < 1.29 is 14.4 Å². The number of rotatable bonds is 4. The molecule has 24 heavy (non-hydrogen) atoms. The van der Waals surface area contributed by atoms with Crippen molar-refractivity contribution in [2.75, 3.05) is 25.2 Å². The summed E-state index contributed by atoms with van der Waals surface area (Å²) in [6, 6.07) is 9.32. The molecule has 2 amide bonds. The third-order valence-corrected chi connectivity index (χ3v) is 5.38. The summed E-state index contributed by atoms with van der Waals surface area (Å²) in [5.74, 6) is 0.934. The Hall–Kier alpha value is -2.02. The first kappa shape index (κ1) is 16.8. The van der Waals surface area contributed by atoms with Crippen molar-refractivity contribution in [2.24, 2.45) is 5.16 Å². The van der Waals surface area contributed by atoms with E-state index in [1.807, 2.05) is 37.3 Å². The Balaban J connectivity index is 1.67. The smallest absolute Gasteiger partial charge is 0.273 e. The van der Waals surface area contributed by atoms with Gasteiger partial charge in [-0.15, -0.1) is 11.8 Å². The van der Waals surface area contributed by atoms with Gasteiger partial charge in [0.05, 0.1) is 5.88 Å². The minimum absolute atomic E-state index is 0.0185. The van der Waals surface area contributed by atoms with Crippen molar-refractivity contribution in [3.05, 3.63) is 35.9 Å². The van der Waals surface area contributed by atoms with Crippen LogP contribution in [0.1, 0.15) is 25.0 Å². The molecule has 1 aromatic carbocycles. The molecule has 128 valence electrons. The monoisotopic (exact) mass is 347 g/mol. The number of carbonyl (C=O) groups excluding carboxylic acids is 2. The van der Waals surface area contributed by atoms with Crippen LogP contribution in [0, 0.1) is 0 Å². The summed E-state index contributed by atoms with van der Waals surface area (Å²) in [6.07, 6.45) is 0.210. The minimum atomic E-state index is -0.411. The largest absolute Gasteiger partial charge is 0.387 e. The number of nitrogens with zero attached hydrogens (tertiary/aromatic N) is 3. The van der Waals surface area contributed by atoms with Crippen molar-refractivity contribution in [2.45, 2.75) is 25.5 Å². The van der Waals surface area contributed by atoms with E-state index in [-0.39, 0.29) is 17.9 Å². The molecule has 1 fully saturated rings. The quantitative estimate of drug-likeness (QED) is 0.834. The topological polar surface area (TPSA) is 62.2 Å². The Kier molecular flexibility index (Phi) is 5.08. The van der Waals surface area contributed by atoms with E-state index in [4.69, 9.17) is 4.84 Å². The van der Waals surface area contributed by atoms with Gasteiger partial charge in [-0.2, -0.15) is 0 Å². The van der Waals surface area contributed by atoms with Gasteiger partial charge >= 0.3 is 0 Å². The van der Waals surface area contributed by atoms with Gasteiger partial charge in [0.1, 0.15) is 11.8 Å². The Labute approximate surface area is 145 Å². The van der Waals surface area contributed by atoms with E-state index in [2.05, 4.69) is 5.16 Å². The zero-order valence-electron chi connectivity index (χ0n) is 13.8. The molecule has 3 rings (SSSR count). The van der Waals surface area contributed by atoms with Crippen LogP contribution in [0.25, 0.3) is 0 Å². The molecule has 0 aromatic heterocycles. The van der Waals surface area contributed by atoms with Crippen LogP contribution in [0.4, 0.5) is 0 Å². The van der Waals surface area contributed by atoms with Gasteiger partial charge in [-0.1, -0.05) is 35.5 Å². The van der Waals surface area contributed by atoms with E-state index >= 15 is 0 Å². The highest BCUT2D eigenvalue weighted by atomic mass is 32.2. The fourth-order valence-electron chi connectivity index (χ4n) is 2.77. The van der Waals surface area contributed by atoms with Gasteiger partial charge in [0, 0.05) is 25.8 Å². The van der Waals surface area contributed by atoms with Crippen LogP contribution in [-0.2, 0) is 14.4 Å². The van der Waals surface area contributed by atoms with Crippen LogP contribution in [0.3, 0.4) is 0 Å². The molecule has 2 heterocycles. The molecule has 1 saturated heterocycles. The Morgan fingerprint density at radius 1 is 1.38 bits per heavy atom. The fourth-order valence-corrected chi connectivity index (χ4v) is 3.92. The van der Waals surface area contributed by atoms with Crippen LogP contribution >= 0.6 is 11.8 Å². The number of thioether (sulfide) groups is 1. The lowest BCUT2D eigenvalue weighted by atomic mass is 10.0. The number of likely N-dealkylation sites (N-methyl/N-ethyl adjacent to an activating group) is 1. The average Bonchev–Trinajstić information content (AvgIpc) is 3.30. The highest BCUT2D eigenvalue weighted by Crippen LogP contribution is 2.29. The standard InChI is InChI=1S/C17H21N3O3S/c1-3-19(2)17(22)14-10-24-11-20(14)16(21)13-9-15(23-18-13)12-7-5-4-6-8-12/h4-8,14-15H,3,9-11H2,1-2H3/t14-,15+/m1/s1. The van der Waals surface area contributed by atoms with Crippen LogP contribution in [0.15, 0.2) is 35.5 Å². The van der Waals surface area contributed by atoms with Gasteiger partial charge in [-0.05, 0) is 12.5 Å². The third-order valence-electron chi connectivity index (χ3n) is 4.37. The summed E-state index contributed by atoms with van der Waals surface area (Å²) in [4.78, 5) is 33.9. The molecule has 1 aromatic rings. The van der Waals surface area contributed by atoms with Crippen molar-refractivity contribution in [1.29, 1.82) is 0 Å². The van der Waals surface area contributed by atoms with Gasteiger partial charge in [0.15, 0.2) is 6.10 Å². The predicted octanol–water partition coefficient (Wildman–Crippen LogP) is 1.88. The number of benzene rings is 1. The summed E-state index contributed by atoms with van der Waals surface area (Å²) < 4.78 is 0. The Morgan fingerprint density at radius 2 is 2.12 bits per heavy atom.